The molecular formula is C12H12BrFN2O. The molecule has 5 heteroatoms. The molecule has 0 radical (unpaired) electrons. The van der Waals surface area contributed by atoms with E-state index in [-0.39, 0.29) is 11.5 Å². The first kappa shape index (κ1) is 12.1. The van der Waals surface area contributed by atoms with Crippen LogP contribution < -0.4 is 5.69 Å². The van der Waals surface area contributed by atoms with Gasteiger partial charge in [0.05, 0.1) is 11.0 Å². The van der Waals surface area contributed by atoms with E-state index in [1.165, 1.54) is 6.07 Å². The van der Waals surface area contributed by atoms with Crippen LogP contribution in [0.3, 0.4) is 0 Å². The van der Waals surface area contributed by atoms with Gasteiger partial charge in [-0.3, -0.25) is 9.13 Å². The molecule has 0 aliphatic carbocycles. The zero-order valence-corrected chi connectivity index (χ0v) is 10.9. The number of nitrogens with zero attached hydrogens (tertiary/aromatic N) is 2. The lowest BCUT2D eigenvalue weighted by atomic mass is 10.2. The number of benzene rings is 1. The lowest BCUT2D eigenvalue weighted by Gasteiger charge is -2.05. The van der Waals surface area contributed by atoms with Crippen molar-refractivity contribution in [2.24, 2.45) is 0 Å². The van der Waals surface area contributed by atoms with Gasteiger partial charge in [0.25, 0.3) is 0 Å². The average Bonchev–Trinajstić information content (AvgIpc) is 2.66. The highest BCUT2D eigenvalue weighted by atomic mass is 79.9. The Balaban J connectivity index is 2.35. The van der Waals surface area contributed by atoms with E-state index >= 15 is 0 Å². The van der Waals surface area contributed by atoms with Crippen LogP contribution in [-0.2, 0) is 13.1 Å². The standard InChI is InChI=1S/C12H12BrFN2O/c1-2-15-6-7-16(12(15)17)8-9-4-3-5-10(14)11(9)13/h3-7H,2,8H2,1H3. The SMILES string of the molecule is CCn1ccn(Cc2cccc(F)c2Br)c1=O. The van der Waals surface area contributed by atoms with E-state index in [9.17, 15) is 9.18 Å². The quantitative estimate of drug-likeness (QED) is 0.856. The van der Waals surface area contributed by atoms with Crippen molar-refractivity contribution in [3.8, 4) is 0 Å². The Kier molecular flexibility index (Phi) is 3.47. The predicted molar refractivity (Wildman–Crippen MR) is 67.6 cm³/mol. The number of aryl methyl sites for hydroxylation is 1. The first-order valence-electron chi connectivity index (χ1n) is 5.32. The van der Waals surface area contributed by atoms with Crippen LogP contribution >= 0.6 is 15.9 Å². The minimum absolute atomic E-state index is 0.0799. The third kappa shape index (κ3) is 2.34. The van der Waals surface area contributed by atoms with Gasteiger partial charge in [-0.05, 0) is 34.5 Å². The lowest BCUT2D eigenvalue weighted by molar-refractivity contribution is 0.613. The molecule has 2 aromatic rings. The van der Waals surface area contributed by atoms with Gasteiger partial charge in [0.2, 0.25) is 0 Å². The summed E-state index contributed by atoms with van der Waals surface area (Å²) < 4.78 is 16.9. The Bertz CT molecular complexity index is 588. The first-order chi connectivity index (χ1) is 8.13. The van der Waals surface area contributed by atoms with Crippen molar-refractivity contribution < 1.29 is 4.39 Å². The molecule has 0 N–H and O–H groups in total. The van der Waals surface area contributed by atoms with E-state index in [1.807, 2.05) is 6.92 Å². The normalized spacial score (nSPS) is 10.8. The van der Waals surface area contributed by atoms with E-state index < -0.39 is 0 Å². The van der Waals surface area contributed by atoms with Gasteiger partial charge in [0.15, 0.2) is 0 Å². The van der Waals surface area contributed by atoms with Gasteiger partial charge in [-0.2, -0.15) is 0 Å². The number of halogens is 2. The monoisotopic (exact) mass is 298 g/mol. The van der Waals surface area contributed by atoms with E-state index in [0.717, 1.165) is 5.56 Å². The molecule has 2 rings (SSSR count). The van der Waals surface area contributed by atoms with Gasteiger partial charge >= 0.3 is 5.69 Å². The van der Waals surface area contributed by atoms with Crippen molar-refractivity contribution in [1.82, 2.24) is 9.13 Å². The molecule has 0 aliphatic rings. The summed E-state index contributed by atoms with van der Waals surface area (Å²) in [5, 5.41) is 0. The van der Waals surface area contributed by atoms with Crippen LogP contribution in [-0.4, -0.2) is 9.13 Å². The minimum atomic E-state index is -0.314. The van der Waals surface area contributed by atoms with Crippen molar-refractivity contribution in [3.63, 3.8) is 0 Å². The maximum Gasteiger partial charge on any atom is 0.328 e. The van der Waals surface area contributed by atoms with Gasteiger partial charge in [-0.1, -0.05) is 12.1 Å². The van der Waals surface area contributed by atoms with Gasteiger partial charge in [-0.25, -0.2) is 9.18 Å². The van der Waals surface area contributed by atoms with Crippen LogP contribution in [0.25, 0.3) is 0 Å². The fraction of sp³-hybridized carbons (Fsp3) is 0.250. The van der Waals surface area contributed by atoms with Crippen LogP contribution in [0.1, 0.15) is 12.5 Å². The molecule has 0 atom stereocenters. The van der Waals surface area contributed by atoms with Gasteiger partial charge in [-0.15, -0.1) is 0 Å². The van der Waals surface area contributed by atoms with Crippen LogP contribution in [0.5, 0.6) is 0 Å². The number of imidazole rings is 1. The zero-order valence-electron chi connectivity index (χ0n) is 9.36. The highest BCUT2D eigenvalue weighted by molar-refractivity contribution is 9.10. The molecule has 3 nitrogen and oxygen atoms in total. The molecule has 17 heavy (non-hydrogen) atoms. The summed E-state index contributed by atoms with van der Waals surface area (Å²) in [5.41, 5.74) is 0.671. The van der Waals surface area contributed by atoms with Gasteiger partial charge in [0.1, 0.15) is 5.82 Å². The molecule has 0 saturated carbocycles. The van der Waals surface area contributed by atoms with Crippen molar-refractivity contribution >= 4 is 15.9 Å². The third-order valence-corrected chi connectivity index (χ3v) is 3.52. The van der Waals surface area contributed by atoms with Crippen LogP contribution in [0, 0.1) is 5.82 Å². The number of hydrogen-bond donors (Lipinski definition) is 0. The zero-order chi connectivity index (χ0) is 12.4. The van der Waals surface area contributed by atoms with E-state index in [2.05, 4.69) is 15.9 Å². The second kappa shape index (κ2) is 4.87. The lowest BCUT2D eigenvalue weighted by Crippen LogP contribution is -2.23. The van der Waals surface area contributed by atoms with Crippen molar-refractivity contribution in [1.29, 1.82) is 0 Å². The molecule has 90 valence electrons. The summed E-state index contributed by atoms with van der Waals surface area (Å²) in [6.45, 7) is 2.91. The Morgan fingerprint density at radius 1 is 1.29 bits per heavy atom. The second-order valence-corrected chi connectivity index (χ2v) is 4.50. The van der Waals surface area contributed by atoms with E-state index in [1.54, 1.807) is 33.7 Å². The molecule has 0 spiro atoms. The minimum Gasteiger partial charge on any atom is -0.300 e. The summed E-state index contributed by atoms with van der Waals surface area (Å²) >= 11 is 3.19. The molecule has 1 aromatic heterocycles. The third-order valence-electron chi connectivity index (χ3n) is 2.63. The summed E-state index contributed by atoms with van der Waals surface area (Å²) in [6, 6.07) is 4.81. The molecule has 0 unspecified atom stereocenters. The van der Waals surface area contributed by atoms with Crippen LogP contribution in [0.15, 0.2) is 39.9 Å². The van der Waals surface area contributed by atoms with Gasteiger partial charge < -0.3 is 0 Å². The Hall–Kier alpha value is -1.36. The van der Waals surface area contributed by atoms with Crippen LogP contribution in [0.4, 0.5) is 4.39 Å². The molecule has 0 amide bonds. The van der Waals surface area contributed by atoms with E-state index in [0.29, 0.717) is 17.6 Å². The fourth-order valence-electron chi connectivity index (χ4n) is 1.67. The molecule has 0 aliphatic heterocycles. The largest absolute Gasteiger partial charge is 0.328 e. The Morgan fingerprint density at radius 2 is 2.00 bits per heavy atom. The molecule has 1 heterocycles. The maximum absolute atomic E-state index is 13.3. The van der Waals surface area contributed by atoms with Crippen molar-refractivity contribution in [3.05, 3.63) is 56.9 Å². The second-order valence-electron chi connectivity index (χ2n) is 3.71. The smallest absolute Gasteiger partial charge is 0.300 e. The maximum atomic E-state index is 13.3. The van der Waals surface area contributed by atoms with Crippen LogP contribution in [0.2, 0.25) is 0 Å². The fourth-order valence-corrected chi connectivity index (χ4v) is 2.06. The van der Waals surface area contributed by atoms with E-state index in [4.69, 9.17) is 0 Å². The number of hydrogen-bond acceptors (Lipinski definition) is 1. The van der Waals surface area contributed by atoms with Gasteiger partial charge in [0, 0.05) is 18.9 Å². The van der Waals surface area contributed by atoms with Crippen molar-refractivity contribution in [2.45, 2.75) is 20.0 Å². The summed E-state index contributed by atoms with van der Waals surface area (Å²) in [6.07, 6.45) is 3.44. The molecule has 0 fully saturated rings. The highest BCUT2D eigenvalue weighted by Crippen LogP contribution is 2.20. The average molecular weight is 299 g/mol. The Morgan fingerprint density at radius 3 is 2.65 bits per heavy atom. The predicted octanol–water partition coefficient (Wildman–Crippen LogP) is 2.62. The highest BCUT2D eigenvalue weighted by Gasteiger charge is 2.08. The van der Waals surface area contributed by atoms with Crippen molar-refractivity contribution in [2.75, 3.05) is 0 Å². The summed E-state index contributed by atoms with van der Waals surface area (Å²) in [7, 11) is 0. The summed E-state index contributed by atoms with van der Waals surface area (Å²) in [5.74, 6) is -0.314. The first-order valence-corrected chi connectivity index (χ1v) is 6.11. The molecule has 1 aromatic carbocycles. The summed E-state index contributed by atoms with van der Waals surface area (Å²) in [4.78, 5) is 11.8. The number of aromatic nitrogens is 2. The molecular weight excluding hydrogens is 287 g/mol. The molecule has 0 saturated heterocycles. The Labute approximate surface area is 107 Å². The topological polar surface area (TPSA) is 26.9 Å². The molecule has 0 bridgehead atoms. The number of rotatable bonds is 3.